The van der Waals surface area contributed by atoms with Crippen LogP contribution in [-0.4, -0.2) is 72.7 Å². The van der Waals surface area contributed by atoms with Crippen molar-refractivity contribution in [2.24, 2.45) is 4.99 Å². The third kappa shape index (κ3) is 4.69. The average molecular weight is 276 g/mol. The zero-order valence-electron chi connectivity index (χ0n) is 11.5. The number of likely N-dealkylation sites (N-methyl/N-ethyl adjacent to an activating group) is 2. The van der Waals surface area contributed by atoms with E-state index in [1.807, 2.05) is 24.9 Å². The van der Waals surface area contributed by atoms with E-state index < -0.39 is 0 Å². The molecular weight excluding hydrogens is 252 g/mol. The van der Waals surface area contributed by atoms with E-state index in [4.69, 9.17) is 4.99 Å². The molecule has 0 spiro atoms. The van der Waals surface area contributed by atoms with Crippen LogP contribution in [0.3, 0.4) is 0 Å². The fourth-order valence-corrected chi connectivity index (χ4v) is 4.12. The Labute approximate surface area is 113 Å². The summed E-state index contributed by atoms with van der Waals surface area (Å²) in [6.45, 7) is 8.88. The molecule has 4 nitrogen and oxygen atoms in total. The van der Waals surface area contributed by atoms with Gasteiger partial charge in [0.05, 0.1) is 0 Å². The summed E-state index contributed by atoms with van der Waals surface area (Å²) in [7, 11) is 9.85. The number of nitrogens with zero attached hydrogens (tertiary/aromatic N) is 4. The summed E-state index contributed by atoms with van der Waals surface area (Å²) in [4.78, 5) is 11.5. The van der Waals surface area contributed by atoms with Crippen molar-refractivity contribution in [3.63, 3.8) is 0 Å². The Hall–Kier alpha value is 0.0900. The number of rotatable bonds is 6. The van der Waals surface area contributed by atoms with Crippen LogP contribution in [0, 0.1) is 0 Å². The van der Waals surface area contributed by atoms with Gasteiger partial charge in [-0.2, -0.15) is 0 Å². The minimum Gasteiger partial charge on any atom is -0.357 e. The van der Waals surface area contributed by atoms with Gasteiger partial charge in [0, 0.05) is 27.2 Å². The van der Waals surface area contributed by atoms with E-state index in [1.54, 1.807) is 10.8 Å². The van der Waals surface area contributed by atoms with Crippen LogP contribution in [0.1, 0.15) is 13.8 Å². The van der Waals surface area contributed by atoms with Crippen molar-refractivity contribution in [3.05, 3.63) is 0 Å². The lowest BCUT2D eigenvalue weighted by Gasteiger charge is -2.24. The first-order chi connectivity index (χ1) is 8.08. The number of hydrogen-bond donors (Lipinski definition) is 0. The van der Waals surface area contributed by atoms with E-state index in [9.17, 15) is 0 Å². The van der Waals surface area contributed by atoms with Gasteiger partial charge in [0.1, 0.15) is 0 Å². The molecule has 0 bridgehead atoms. The third-order valence-electron chi connectivity index (χ3n) is 2.85. The zero-order valence-corrected chi connectivity index (χ0v) is 13.1. The molecule has 1 aliphatic rings. The topological polar surface area (TPSA) is 22.1 Å². The zero-order chi connectivity index (χ0) is 12.8. The fourth-order valence-electron chi connectivity index (χ4n) is 1.54. The molecule has 1 unspecified atom stereocenters. The summed E-state index contributed by atoms with van der Waals surface area (Å²) in [6, 6.07) is 0. The van der Waals surface area contributed by atoms with E-state index in [0.29, 0.717) is 0 Å². The molecule has 0 amide bonds. The Morgan fingerprint density at radius 2 is 1.76 bits per heavy atom. The second-order valence-electron chi connectivity index (χ2n) is 4.32. The first-order valence-corrected chi connectivity index (χ1v) is 8.30. The monoisotopic (exact) mass is 276 g/mol. The van der Waals surface area contributed by atoms with Crippen LogP contribution in [0.25, 0.3) is 0 Å². The Balaban J connectivity index is 2.36. The average Bonchev–Trinajstić information content (AvgIpc) is 2.79. The Kier molecular flexibility index (Phi) is 6.69. The lowest BCUT2D eigenvalue weighted by molar-refractivity contribution is 0.235. The smallest absolute Gasteiger partial charge is 0.172 e. The minimum atomic E-state index is 0.271. The van der Waals surface area contributed by atoms with Crippen LogP contribution >= 0.6 is 21.6 Å². The molecular formula is C11H24N4S2. The Morgan fingerprint density at radius 1 is 1.12 bits per heavy atom. The molecule has 1 rings (SSSR count). The molecule has 0 aliphatic carbocycles. The van der Waals surface area contributed by atoms with Gasteiger partial charge in [0.25, 0.3) is 0 Å². The van der Waals surface area contributed by atoms with Crippen LogP contribution in [0.4, 0.5) is 0 Å². The molecule has 0 aromatic carbocycles. The molecule has 0 aromatic heterocycles. The van der Waals surface area contributed by atoms with Crippen molar-refractivity contribution in [3.8, 4) is 0 Å². The van der Waals surface area contributed by atoms with Crippen LogP contribution in [-0.2, 0) is 0 Å². The maximum atomic E-state index is 4.69. The highest BCUT2D eigenvalue weighted by molar-refractivity contribution is 8.82. The van der Waals surface area contributed by atoms with Gasteiger partial charge in [-0.3, -0.25) is 4.90 Å². The van der Waals surface area contributed by atoms with Crippen molar-refractivity contribution >= 4 is 26.8 Å². The van der Waals surface area contributed by atoms with Gasteiger partial charge in [-0.05, 0) is 41.7 Å². The van der Waals surface area contributed by atoms with Gasteiger partial charge in [0.2, 0.25) is 0 Å². The quantitative estimate of drug-likeness (QED) is 0.689. The summed E-state index contributed by atoms with van der Waals surface area (Å²) in [5, 5.41) is 1.12. The molecule has 1 aliphatic heterocycles. The van der Waals surface area contributed by atoms with Gasteiger partial charge >= 0.3 is 0 Å². The third-order valence-corrected chi connectivity index (χ3v) is 5.46. The summed E-state index contributed by atoms with van der Waals surface area (Å²) in [5.41, 5.74) is 0.271. The predicted octanol–water partition coefficient (Wildman–Crippen LogP) is 1.86. The summed E-state index contributed by atoms with van der Waals surface area (Å²) in [6.07, 6.45) is 0. The first kappa shape index (κ1) is 15.1. The van der Waals surface area contributed by atoms with Crippen molar-refractivity contribution in [2.75, 3.05) is 47.3 Å². The van der Waals surface area contributed by atoms with E-state index in [-0.39, 0.29) is 5.50 Å². The summed E-state index contributed by atoms with van der Waals surface area (Å²) < 4.78 is 0. The molecule has 0 saturated carbocycles. The predicted molar refractivity (Wildman–Crippen MR) is 80.5 cm³/mol. The molecule has 1 heterocycles. The maximum absolute atomic E-state index is 4.69. The lowest BCUT2D eigenvalue weighted by atomic mass is 10.4. The number of aliphatic imine (C=N–C) groups is 1. The van der Waals surface area contributed by atoms with Crippen LogP contribution in [0.15, 0.2) is 4.99 Å². The number of amidine groups is 1. The second-order valence-corrected chi connectivity index (χ2v) is 6.54. The molecule has 0 N–H and O–H groups in total. The van der Waals surface area contributed by atoms with E-state index in [0.717, 1.165) is 31.3 Å². The van der Waals surface area contributed by atoms with Gasteiger partial charge in [-0.15, -0.1) is 0 Å². The summed E-state index contributed by atoms with van der Waals surface area (Å²) in [5.74, 6) is 0. The molecule has 100 valence electrons. The van der Waals surface area contributed by atoms with E-state index in [1.165, 1.54) is 0 Å². The second kappa shape index (κ2) is 7.51. The SMILES string of the molecule is CCN(CC)CCN(C)C1N=C(N(C)C)SS1. The van der Waals surface area contributed by atoms with Crippen LogP contribution in [0.2, 0.25) is 0 Å². The van der Waals surface area contributed by atoms with Crippen LogP contribution < -0.4 is 0 Å². The highest BCUT2D eigenvalue weighted by Gasteiger charge is 2.24. The molecule has 6 heteroatoms. The molecule has 0 radical (unpaired) electrons. The standard InChI is InChI=1S/C11H24N4S2/c1-6-15(7-2)9-8-14(5)11-12-10(13(3)4)16-17-11/h11H,6-9H2,1-5H3. The molecule has 0 saturated heterocycles. The highest BCUT2D eigenvalue weighted by atomic mass is 33.1. The highest BCUT2D eigenvalue weighted by Crippen LogP contribution is 2.37. The van der Waals surface area contributed by atoms with Crippen molar-refractivity contribution < 1.29 is 0 Å². The maximum Gasteiger partial charge on any atom is 0.172 e. The summed E-state index contributed by atoms with van der Waals surface area (Å²) >= 11 is 0. The molecule has 17 heavy (non-hydrogen) atoms. The largest absolute Gasteiger partial charge is 0.357 e. The first-order valence-electron chi connectivity index (χ1n) is 6.09. The molecule has 1 atom stereocenters. The van der Waals surface area contributed by atoms with Crippen molar-refractivity contribution in [1.82, 2.24) is 14.7 Å². The van der Waals surface area contributed by atoms with E-state index >= 15 is 0 Å². The minimum absolute atomic E-state index is 0.271. The molecule has 0 fully saturated rings. The van der Waals surface area contributed by atoms with Gasteiger partial charge in [0.15, 0.2) is 10.7 Å². The lowest BCUT2D eigenvalue weighted by Crippen LogP contribution is -2.36. The van der Waals surface area contributed by atoms with Crippen LogP contribution in [0.5, 0.6) is 0 Å². The molecule has 0 aromatic rings. The fraction of sp³-hybridized carbons (Fsp3) is 0.909. The van der Waals surface area contributed by atoms with Gasteiger partial charge < -0.3 is 9.80 Å². The van der Waals surface area contributed by atoms with Crippen molar-refractivity contribution in [1.29, 1.82) is 0 Å². The Bertz CT molecular complexity index is 254. The normalized spacial score (nSPS) is 20.2. The Morgan fingerprint density at radius 3 is 2.24 bits per heavy atom. The number of hydrogen-bond acceptors (Lipinski definition) is 6. The van der Waals surface area contributed by atoms with Gasteiger partial charge in [-0.25, -0.2) is 4.99 Å². The van der Waals surface area contributed by atoms with Crippen molar-refractivity contribution in [2.45, 2.75) is 19.3 Å². The van der Waals surface area contributed by atoms with E-state index in [2.05, 4.69) is 35.6 Å². The van der Waals surface area contributed by atoms with Gasteiger partial charge in [-0.1, -0.05) is 13.8 Å².